The quantitative estimate of drug-likeness (QED) is 0.704. The first-order valence-electron chi connectivity index (χ1n) is 6.66. The maximum absolute atomic E-state index is 11.9. The van der Waals surface area contributed by atoms with Crippen molar-refractivity contribution in [3.05, 3.63) is 54.0 Å². The molecule has 0 bridgehead atoms. The van der Waals surface area contributed by atoms with Gasteiger partial charge >= 0.3 is 0 Å². The number of rotatable bonds is 6. The van der Waals surface area contributed by atoms with Gasteiger partial charge in [0.25, 0.3) is 0 Å². The summed E-state index contributed by atoms with van der Waals surface area (Å²) in [6.07, 6.45) is 1.74. The minimum Gasteiger partial charge on any atom is -0.492 e. The van der Waals surface area contributed by atoms with Gasteiger partial charge in [0.2, 0.25) is 10.0 Å². The molecule has 0 atom stereocenters. The van der Waals surface area contributed by atoms with Crippen LogP contribution >= 0.6 is 11.3 Å². The standard InChI is InChI=1S/C15H14N2O3S2/c18-22(19,15-4-2-10-21-15)17-8-9-20-13-5-6-14-12(11-13)3-1-7-16-14/h1-7,10-11,17H,8-9H2. The van der Waals surface area contributed by atoms with E-state index in [0.29, 0.717) is 9.96 Å². The van der Waals surface area contributed by atoms with E-state index in [0.717, 1.165) is 10.9 Å². The first-order valence-corrected chi connectivity index (χ1v) is 9.02. The van der Waals surface area contributed by atoms with Crippen molar-refractivity contribution in [2.45, 2.75) is 4.21 Å². The molecule has 0 aliphatic heterocycles. The predicted molar refractivity (Wildman–Crippen MR) is 86.7 cm³/mol. The fourth-order valence-electron chi connectivity index (χ4n) is 1.98. The Balaban J connectivity index is 1.56. The predicted octanol–water partition coefficient (Wildman–Crippen LogP) is 2.65. The molecular weight excluding hydrogens is 320 g/mol. The number of aromatic nitrogens is 1. The number of sulfonamides is 1. The zero-order valence-corrected chi connectivity index (χ0v) is 13.2. The lowest BCUT2D eigenvalue weighted by atomic mass is 10.2. The first kappa shape index (κ1) is 15.0. The van der Waals surface area contributed by atoms with Crippen LogP contribution in [0.1, 0.15) is 0 Å². The van der Waals surface area contributed by atoms with Crippen LogP contribution in [0.25, 0.3) is 10.9 Å². The average Bonchev–Trinajstić information content (AvgIpc) is 3.07. The van der Waals surface area contributed by atoms with Crippen LogP contribution in [0.5, 0.6) is 5.75 Å². The number of pyridine rings is 1. The smallest absolute Gasteiger partial charge is 0.250 e. The van der Waals surface area contributed by atoms with E-state index < -0.39 is 10.0 Å². The summed E-state index contributed by atoms with van der Waals surface area (Å²) in [5.41, 5.74) is 0.897. The van der Waals surface area contributed by atoms with Crippen LogP contribution in [-0.4, -0.2) is 26.6 Å². The van der Waals surface area contributed by atoms with Crippen molar-refractivity contribution in [1.29, 1.82) is 0 Å². The van der Waals surface area contributed by atoms with Crippen LogP contribution in [0.15, 0.2) is 58.3 Å². The van der Waals surface area contributed by atoms with Crippen LogP contribution in [0.3, 0.4) is 0 Å². The minimum atomic E-state index is -3.43. The Morgan fingerprint density at radius 1 is 1.18 bits per heavy atom. The maximum Gasteiger partial charge on any atom is 0.250 e. The van der Waals surface area contributed by atoms with Gasteiger partial charge in [-0.05, 0) is 35.7 Å². The lowest BCUT2D eigenvalue weighted by molar-refractivity contribution is 0.323. The molecule has 0 saturated carbocycles. The van der Waals surface area contributed by atoms with Crippen molar-refractivity contribution in [2.75, 3.05) is 13.2 Å². The van der Waals surface area contributed by atoms with Crippen molar-refractivity contribution in [3.8, 4) is 5.75 Å². The summed E-state index contributed by atoms with van der Waals surface area (Å²) in [5.74, 6) is 0.691. The zero-order valence-electron chi connectivity index (χ0n) is 11.6. The molecule has 2 heterocycles. The number of thiophene rings is 1. The van der Waals surface area contributed by atoms with E-state index in [9.17, 15) is 8.42 Å². The molecule has 2 aromatic heterocycles. The summed E-state index contributed by atoms with van der Waals surface area (Å²) >= 11 is 1.19. The third-order valence-corrected chi connectivity index (χ3v) is 5.86. The van der Waals surface area contributed by atoms with Crippen LogP contribution < -0.4 is 9.46 Å². The van der Waals surface area contributed by atoms with Crippen molar-refractivity contribution in [3.63, 3.8) is 0 Å². The number of nitrogens with zero attached hydrogens (tertiary/aromatic N) is 1. The molecule has 1 aromatic carbocycles. The summed E-state index contributed by atoms with van der Waals surface area (Å²) in [5, 5.41) is 2.72. The third kappa shape index (κ3) is 3.44. The number of ether oxygens (including phenoxy) is 1. The SMILES string of the molecule is O=S(=O)(NCCOc1ccc2ncccc2c1)c1cccs1. The van der Waals surface area contributed by atoms with Gasteiger partial charge in [-0.15, -0.1) is 11.3 Å². The maximum atomic E-state index is 11.9. The molecule has 3 rings (SSSR count). The van der Waals surface area contributed by atoms with E-state index >= 15 is 0 Å². The molecular formula is C15H14N2O3S2. The van der Waals surface area contributed by atoms with E-state index in [4.69, 9.17) is 4.74 Å². The highest BCUT2D eigenvalue weighted by Crippen LogP contribution is 2.19. The van der Waals surface area contributed by atoms with Gasteiger partial charge in [-0.1, -0.05) is 12.1 Å². The van der Waals surface area contributed by atoms with Gasteiger partial charge in [0.05, 0.1) is 5.52 Å². The number of nitrogens with one attached hydrogen (secondary N) is 1. The van der Waals surface area contributed by atoms with Crippen molar-refractivity contribution < 1.29 is 13.2 Å². The molecule has 0 aliphatic rings. The molecule has 0 unspecified atom stereocenters. The Hall–Kier alpha value is -1.96. The Morgan fingerprint density at radius 2 is 2.09 bits per heavy atom. The molecule has 3 aromatic rings. The second-order valence-electron chi connectivity index (χ2n) is 4.54. The average molecular weight is 334 g/mol. The largest absolute Gasteiger partial charge is 0.492 e. The summed E-state index contributed by atoms with van der Waals surface area (Å²) in [7, 11) is -3.43. The monoisotopic (exact) mass is 334 g/mol. The second kappa shape index (κ2) is 6.43. The molecule has 114 valence electrons. The van der Waals surface area contributed by atoms with Crippen LogP contribution in [0.2, 0.25) is 0 Å². The molecule has 7 heteroatoms. The molecule has 22 heavy (non-hydrogen) atoms. The van der Waals surface area contributed by atoms with Crippen molar-refractivity contribution >= 4 is 32.3 Å². The number of benzene rings is 1. The van der Waals surface area contributed by atoms with Gasteiger partial charge in [-0.2, -0.15) is 0 Å². The summed E-state index contributed by atoms with van der Waals surface area (Å²) in [6, 6.07) is 12.7. The normalized spacial score (nSPS) is 11.6. The van der Waals surface area contributed by atoms with Gasteiger partial charge < -0.3 is 4.74 Å². The highest BCUT2D eigenvalue weighted by molar-refractivity contribution is 7.91. The highest BCUT2D eigenvalue weighted by Gasteiger charge is 2.13. The lowest BCUT2D eigenvalue weighted by Gasteiger charge is -2.08. The topological polar surface area (TPSA) is 68.3 Å². The fourth-order valence-corrected chi connectivity index (χ4v) is 4.03. The fraction of sp³-hybridized carbons (Fsp3) is 0.133. The molecule has 0 fully saturated rings. The highest BCUT2D eigenvalue weighted by atomic mass is 32.2. The van der Waals surface area contributed by atoms with Gasteiger partial charge in [-0.25, -0.2) is 13.1 Å². The van der Waals surface area contributed by atoms with E-state index in [1.165, 1.54) is 11.3 Å². The number of fused-ring (bicyclic) bond motifs is 1. The summed E-state index contributed by atoms with van der Waals surface area (Å²) < 4.78 is 32.2. The lowest BCUT2D eigenvalue weighted by Crippen LogP contribution is -2.27. The van der Waals surface area contributed by atoms with Crippen molar-refractivity contribution in [1.82, 2.24) is 9.71 Å². The Kier molecular flexibility index (Phi) is 4.37. The van der Waals surface area contributed by atoms with Gasteiger partial charge in [0.15, 0.2) is 0 Å². The third-order valence-electron chi connectivity index (χ3n) is 3.00. The molecule has 0 amide bonds. The Labute approximate surface area is 132 Å². The molecule has 0 radical (unpaired) electrons. The number of hydrogen-bond acceptors (Lipinski definition) is 5. The van der Waals surface area contributed by atoms with Crippen molar-refractivity contribution in [2.24, 2.45) is 0 Å². The molecule has 0 saturated heterocycles. The number of hydrogen-bond donors (Lipinski definition) is 1. The first-order chi connectivity index (χ1) is 10.6. The van der Waals surface area contributed by atoms with Crippen LogP contribution in [0, 0.1) is 0 Å². The summed E-state index contributed by atoms with van der Waals surface area (Å²) in [6.45, 7) is 0.474. The molecule has 1 N–H and O–H groups in total. The van der Waals surface area contributed by atoms with Crippen LogP contribution in [0.4, 0.5) is 0 Å². The van der Waals surface area contributed by atoms with E-state index in [1.807, 2.05) is 30.3 Å². The molecule has 0 spiro atoms. The Bertz CT molecular complexity index is 861. The van der Waals surface area contributed by atoms with E-state index in [1.54, 1.807) is 23.7 Å². The van der Waals surface area contributed by atoms with Gasteiger partial charge in [-0.3, -0.25) is 4.98 Å². The van der Waals surface area contributed by atoms with E-state index in [-0.39, 0.29) is 13.2 Å². The van der Waals surface area contributed by atoms with Gasteiger partial charge in [0.1, 0.15) is 16.6 Å². The summed E-state index contributed by atoms with van der Waals surface area (Å²) in [4.78, 5) is 4.23. The van der Waals surface area contributed by atoms with Crippen LogP contribution in [-0.2, 0) is 10.0 Å². The van der Waals surface area contributed by atoms with E-state index in [2.05, 4.69) is 9.71 Å². The second-order valence-corrected chi connectivity index (χ2v) is 7.48. The minimum absolute atomic E-state index is 0.214. The molecule has 0 aliphatic carbocycles. The Morgan fingerprint density at radius 3 is 2.91 bits per heavy atom. The molecule has 5 nitrogen and oxygen atoms in total. The zero-order chi connectivity index (χ0) is 15.4. The van der Waals surface area contributed by atoms with Gasteiger partial charge in [0, 0.05) is 18.1 Å².